The van der Waals surface area contributed by atoms with Crippen LogP contribution in [0.1, 0.15) is 10.4 Å². The Morgan fingerprint density at radius 3 is 2.87 bits per heavy atom. The maximum atomic E-state index is 6.02. The first-order valence-electron chi connectivity index (χ1n) is 7.25. The lowest BCUT2D eigenvalue weighted by Crippen LogP contribution is -2.15. The number of aryl methyl sites for hydroxylation is 1. The van der Waals surface area contributed by atoms with Gasteiger partial charge in [-0.15, -0.1) is 11.3 Å². The van der Waals surface area contributed by atoms with Gasteiger partial charge < -0.3 is 14.8 Å². The second kappa shape index (κ2) is 5.86. The third kappa shape index (κ3) is 2.92. The normalized spacial score (nSPS) is 13.3. The van der Waals surface area contributed by atoms with Crippen LogP contribution in [0, 0.1) is 6.92 Å². The van der Waals surface area contributed by atoms with E-state index in [4.69, 9.17) is 21.1 Å². The van der Waals surface area contributed by atoms with E-state index in [1.54, 1.807) is 11.3 Å². The second-order valence-electron chi connectivity index (χ2n) is 5.25. The lowest BCUT2D eigenvalue weighted by molar-refractivity contribution is 0.171. The number of rotatable bonds is 3. The summed E-state index contributed by atoms with van der Waals surface area (Å²) in [6.07, 6.45) is 0. The molecule has 118 valence electrons. The lowest BCUT2D eigenvalue weighted by Gasteiger charge is -2.19. The number of thiophene rings is 1. The first-order chi connectivity index (χ1) is 11.2. The minimum Gasteiger partial charge on any atom is -0.486 e. The van der Waals surface area contributed by atoms with Crippen molar-refractivity contribution in [2.24, 2.45) is 0 Å². The van der Waals surface area contributed by atoms with Crippen LogP contribution in [0.25, 0.3) is 10.2 Å². The lowest BCUT2D eigenvalue weighted by atomic mass is 10.2. The molecule has 0 atom stereocenters. The van der Waals surface area contributed by atoms with Crippen molar-refractivity contribution in [3.05, 3.63) is 40.0 Å². The maximum absolute atomic E-state index is 6.02. The van der Waals surface area contributed by atoms with E-state index in [1.807, 2.05) is 25.1 Å². The molecule has 0 saturated carbocycles. The number of fused-ring (bicyclic) bond motifs is 2. The Kier molecular flexibility index (Phi) is 3.71. The van der Waals surface area contributed by atoms with Crippen LogP contribution in [-0.2, 0) is 6.54 Å². The van der Waals surface area contributed by atoms with E-state index in [0.717, 1.165) is 33.1 Å². The quantitative estimate of drug-likeness (QED) is 0.725. The highest BCUT2D eigenvalue weighted by Gasteiger charge is 2.13. The molecule has 2 aromatic heterocycles. The summed E-state index contributed by atoms with van der Waals surface area (Å²) in [6.45, 7) is 3.85. The molecule has 3 heterocycles. The van der Waals surface area contributed by atoms with Gasteiger partial charge in [0.1, 0.15) is 23.9 Å². The van der Waals surface area contributed by atoms with Gasteiger partial charge in [-0.05, 0) is 42.3 Å². The number of nitrogens with one attached hydrogen (secondary N) is 1. The Morgan fingerprint density at radius 2 is 2.00 bits per heavy atom. The molecule has 0 amide bonds. The minimum atomic E-state index is 0.254. The summed E-state index contributed by atoms with van der Waals surface area (Å²) in [7, 11) is 0. The topological polar surface area (TPSA) is 56.3 Å². The van der Waals surface area contributed by atoms with Crippen molar-refractivity contribution in [2.45, 2.75) is 13.5 Å². The minimum absolute atomic E-state index is 0.254. The fourth-order valence-corrected chi connectivity index (χ4v) is 3.63. The van der Waals surface area contributed by atoms with Gasteiger partial charge in [0.05, 0.1) is 5.39 Å². The third-order valence-electron chi connectivity index (χ3n) is 3.56. The van der Waals surface area contributed by atoms with Crippen LogP contribution >= 0.6 is 22.9 Å². The average molecular weight is 348 g/mol. The molecular formula is C16H14ClN3O2S. The van der Waals surface area contributed by atoms with E-state index in [9.17, 15) is 0 Å². The molecule has 1 aromatic carbocycles. The van der Waals surface area contributed by atoms with Gasteiger partial charge in [0.2, 0.25) is 5.28 Å². The zero-order chi connectivity index (χ0) is 15.8. The predicted molar refractivity (Wildman–Crippen MR) is 91.9 cm³/mol. The van der Waals surface area contributed by atoms with Gasteiger partial charge in [0.15, 0.2) is 11.5 Å². The summed E-state index contributed by atoms with van der Waals surface area (Å²) in [5, 5.41) is 4.59. The van der Waals surface area contributed by atoms with Gasteiger partial charge in [-0.3, -0.25) is 0 Å². The SMILES string of the molecule is Cc1cc2c(NCc3ccc4c(c3)OCCO4)nc(Cl)nc2s1. The van der Waals surface area contributed by atoms with Crippen LogP contribution in [0.4, 0.5) is 5.82 Å². The summed E-state index contributed by atoms with van der Waals surface area (Å²) in [5.41, 5.74) is 1.09. The molecule has 1 aliphatic rings. The smallest absolute Gasteiger partial charge is 0.225 e. The summed E-state index contributed by atoms with van der Waals surface area (Å²) >= 11 is 7.63. The van der Waals surface area contributed by atoms with Crippen LogP contribution in [0.15, 0.2) is 24.3 Å². The molecule has 1 aliphatic heterocycles. The van der Waals surface area contributed by atoms with Crippen molar-refractivity contribution in [3.63, 3.8) is 0 Å². The van der Waals surface area contributed by atoms with Crippen LogP contribution in [0.5, 0.6) is 11.5 Å². The number of aromatic nitrogens is 2. The van der Waals surface area contributed by atoms with Crippen molar-refractivity contribution in [2.75, 3.05) is 18.5 Å². The van der Waals surface area contributed by atoms with Crippen LogP contribution in [0.2, 0.25) is 5.28 Å². The standard InChI is InChI=1S/C16H14ClN3O2S/c1-9-6-11-14(19-16(17)20-15(11)23-9)18-8-10-2-3-12-13(7-10)22-5-4-21-12/h2-3,6-7H,4-5,8H2,1H3,(H,18,19,20). The van der Waals surface area contributed by atoms with Crippen molar-refractivity contribution in [3.8, 4) is 11.5 Å². The van der Waals surface area contributed by atoms with Gasteiger partial charge >= 0.3 is 0 Å². The van der Waals surface area contributed by atoms with Gasteiger partial charge in [-0.2, -0.15) is 0 Å². The highest BCUT2D eigenvalue weighted by atomic mass is 35.5. The maximum Gasteiger partial charge on any atom is 0.225 e. The molecule has 3 aromatic rings. The van der Waals surface area contributed by atoms with Crippen LogP contribution < -0.4 is 14.8 Å². The molecule has 4 rings (SSSR count). The van der Waals surface area contributed by atoms with Crippen molar-refractivity contribution < 1.29 is 9.47 Å². The Balaban J connectivity index is 1.59. The molecule has 0 bridgehead atoms. The average Bonchev–Trinajstić information content (AvgIpc) is 2.92. The number of halogens is 1. The van der Waals surface area contributed by atoms with Gasteiger partial charge in [0.25, 0.3) is 0 Å². The number of benzene rings is 1. The van der Waals surface area contributed by atoms with Gasteiger partial charge in [0, 0.05) is 11.4 Å². The number of ether oxygens (including phenoxy) is 2. The Labute approximate surface area is 142 Å². The molecule has 0 saturated heterocycles. The third-order valence-corrected chi connectivity index (χ3v) is 4.67. The molecule has 5 nitrogen and oxygen atoms in total. The second-order valence-corrected chi connectivity index (χ2v) is 6.82. The van der Waals surface area contributed by atoms with Gasteiger partial charge in [-0.1, -0.05) is 6.07 Å². The fraction of sp³-hybridized carbons (Fsp3) is 0.250. The Hall–Kier alpha value is -2.05. The summed E-state index contributed by atoms with van der Waals surface area (Å²) in [5.74, 6) is 2.33. The van der Waals surface area contributed by atoms with Crippen LogP contribution in [-0.4, -0.2) is 23.2 Å². The molecule has 7 heteroatoms. The van der Waals surface area contributed by atoms with Crippen molar-refractivity contribution in [1.82, 2.24) is 9.97 Å². The molecule has 0 fully saturated rings. The van der Waals surface area contributed by atoms with E-state index in [0.29, 0.717) is 19.8 Å². The van der Waals surface area contributed by atoms with Crippen molar-refractivity contribution in [1.29, 1.82) is 0 Å². The van der Waals surface area contributed by atoms with Crippen molar-refractivity contribution >= 4 is 39.0 Å². The largest absolute Gasteiger partial charge is 0.486 e. The van der Waals surface area contributed by atoms with E-state index < -0.39 is 0 Å². The van der Waals surface area contributed by atoms with E-state index >= 15 is 0 Å². The Bertz CT molecular complexity index is 881. The molecule has 1 N–H and O–H groups in total. The first kappa shape index (κ1) is 14.5. The molecule has 0 spiro atoms. The van der Waals surface area contributed by atoms with Crippen LogP contribution in [0.3, 0.4) is 0 Å². The Morgan fingerprint density at radius 1 is 1.17 bits per heavy atom. The highest BCUT2D eigenvalue weighted by Crippen LogP contribution is 2.32. The number of anilines is 1. The molecule has 23 heavy (non-hydrogen) atoms. The monoisotopic (exact) mass is 347 g/mol. The summed E-state index contributed by atoms with van der Waals surface area (Å²) in [4.78, 5) is 10.7. The number of hydrogen-bond donors (Lipinski definition) is 1. The zero-order valence-corrected chi connectivity index (χ0v) is 14.0. The fourth-order valence-electron chi connectivity index (χ4n) is 2.53. The van der Waals surface area contributed by atoms with Gasteiger partial charge in [-0.25, -0.2) is 9.97 Å². The van der Waals surface area contributed by atoms with E-state index in [2.05, 4.69) is 21.4 Å². The van der Waals surface area contributed by atoms with E-state index in [1.165, 1.54) is 4.88 Å². The molecule has 0 unspecified atom stereocenters. The molecular weight excluding hydrogens is 334 g/mol. The highest BCUT2D eigenvalue weighted by molar-refractivity contribution is 7.18. The predicted octanol–water partition coefficient (Wildman–Crippen LogP) is 4.04. The number of nitrogens with zero attached hydrogens (tertiary/aromatic N) is 2. The molecule has 0 radical (unpaired) electrons. The zero-order valence-electron chi connectivity index (χ0n) is 12.4. The summed E-state index contributed by atoms with van der Waals surface area (Å²) < 4.78 is 11.1. The van der Waals surface area contributed by atoms with E-state index in [-0.39, 0.29) is 5.28 Å². The number of hydrogen-bond acceptors (Lipinski definition) is 6. The summed E-state index contributed by atoms with van der Waals surface area (Å²) in [6, 6.07) is 8.00. The first-order valence-corrected chi connectivity index (χ1v) is 8.44. The molecule has 0 aliphatic carbocycles.